The second kappa shape index (κ2) is 10.7. The normalized spacial score (nSPS) is 13.6. The minimum Gasteiger partial charge on any atom is -0.443 e. The van der Waals surface area contributed by atoms with Crippen molar-refractivity contribution in [3.05, 3.63) is 42.5 Å². The summed E-state index contributed by atoms with van der Waals surface area (Å²) in [7, 11) is 0. The molecule has 164 valence electrons. The molecule has 2 amide bonds. The van der Waals surface area contributed by atoms with Gasteiger partial charge in [-0.25, -0.2) is 4.90 Å². The summed E-state index contributed by atoms with van der Waals surface area (Å²) in [4.78, 5) is 46.4. The molecule has 0 atom stereocenters. The summed E-state index contributed by atoms with van der Waals surface area (Å²) < 4.78 is 10.2. The summed E-state index contributed by atoms with van der Waals surface area (Å²) in [6.07, 6.45) is 3.72. The zero-order chi connectivity index (χ0) is 22.9. The predicted molar refractivity (Wildman–Crippen MR) is 112 cm³/mol. The number of ether oxygens (including phenoxy) is 2. The second-order valence-electron chi connectivity index (χ2n) is 8.18. The second-order valence-corrected chi connectivity index (χ2v) is 8.18. The molecule has 0 unspecified atom stereocenters. The van der Waals surface area contributed by atoms with E-state index in [0.717, 1.165) is 23.5 Å². The van der Waals surface area contributed by atoms with Crippen molar-refractivity contribution in [1.82, 2.24) is 4.90 Å². The molecule has 2 rings (SSSR count). The molecule has 0 aliphatic carbocycles. The fourth-order valence-electron chi connectivity index (χ4n) is 1.90. The molecule has 0 N–H and O–H groups in total. The van der Waals surface area contributed by atoms with Crippen molar-refractivity contribution < 1.29 is 28.7 Å². The average molecular weight is 418 g/mol. The Balaban J connectivity index is 0.000000303. The monoisotopic (exact) mass is 417 g/mol. The summed E-state index contributed by atoms with van der Waals surface area (Å²) in [5.74, 6) is -0.882. The van der Waals surface area contributed by atoms with Gasteiger partial charge in [0.15, 0.2) is 6.73 Å². The SMILES string of the molecule is CCC(C)(C)C(=O)OCN1C(=O)C=CC1=O.CCC(C)(C)C(=O)Oc1ccccc1. The van der Waals surface area contributed by atoms with E-state index in [0.29, 0.717) is 12.2 Å². The van der Waals surface area contributed by atoms with Gasteiger partial charge < -0.3 is 9.47 Å². The Bertz CT molecular complexity index is 777. The molecular formula is C23H31NO6. The van der Waals surface area contributed by atoms with Crippen LogP contribution in [-0.2, 0) is 23.9 Å². The molecule has 0 saturated heterocycles. The topological polar surface area (TPSA) is 90.0 Å². The highest BCUT2D eigenvalue weighted by molar-refractivity contribution is 6.12. The number of amides is 2. The number of benzene rings is 1. The van der Waals surface area contributed by atoms with Gasteiger partial charge in [-0.05, 0) is 52.7 Å². The first-order valence-electron chi connectivity index (χ1n) is 9.92. The van der Waals surface area contributed by atoms with E-state index in [1.165, 1.54) is 0 Å². The van der Waals surface area contributed by atoms with E-state index >= 15 is 0 Å². The molecule has 1 heterocycles. The van der Waals surface area contributed by atoms with Crippen molar-refractivity contribution >= 4 is 23.8 Å². The lowest BCUT2D eigenvalue weighted by molar-refractivity contribution is -0.162. The fourth-order valence-corrected chi connectivity index (χ4v) is 1.90. The van der Waals surface area contributed by atoms with Crippen LogP contribution in [0.4, 0.5) is 0 Å². The molecule has 1 aromatic rings. The largest absolute Gasteiger partial charge is 0.443 e. The Kier molecular flexibility index (Phi) is 8.95. The molecule has 0 radical (unpaired) electrons. The highest BCUT2D eigenvalue weighted by Crippen LogP contribution is 2.23. The summed E-state index contributed by atoms with van der Waals surface area (Å²) in [6.45, 7) is 10.8. The maximum atomic E-state index is 11.6. The summed E-state index contributed by atoms with van der Waals surface area (Å²) in [5, 5.41) is 0. The lowest BCUT2D eigenvalue weighted by Gasteiger charge is -2.22. The molecule has 1 aromatic carbocycles. The number of nitrogens with zero attached hydrogens (tertiary/aromatic N) is 1. The zero-order valence-electron chi connectivity index (χ0n) is 18.6. The van der Waals surface area contributed by atoms with Gasteiger partial charge in [-0.15, -0.1) is 0 Å². The Labute approximate surface area is 178 Å². The number of esters is 2. The van der Waals surface area contributed by atoms with Gasteiger partial charge in [-0.1, -0.05) is 32.0 Å². The van der Waals surface area contributed by atoms with Gasteiger partial charge in [0.2, 0.25) is 0 Å². The van der Waals surface area contributed by atoms with E-state index in [2.05, 4.69) is 0 Å². The van der Waals surface area contributed by atoms with Crippen LogP contribution >= 0.6 is 0 Å². The number of hydrogen-bond donors (Lipinski definition) is 0. The van der Waals surface area contributed by atoms with Crippen molar-refractivity contribution in [1.29, 1.82) is 0 Å². The van der Waals surface area contributed by atoms with Crippen LogP contribution in [0.5, 0.6) is 5.75 Å². The van der Waals surface area contributed by atoms with Crippen molar-refractivity contribution in [2.24, 2.45) is 10.8 Å². The minimum atomic E-state index is -0.598. The molecule has 1 aliphatic heterocycles. The van der Waals surface area contributed by atoms with E-state index < -0.39 is 28.6 Å². The van der Waals surface area contributed by atoms with E-state index in [9.17, 15) is 19.2 Å². The first-order chi connectivity index (χ1) is 13.9. The van der Waals surface area contributed by atoms with Crippen LogP contribution in [0.3, 0.4) is 0 Å². The molecule has 0 saturated carbocycles. The van der Waals surface area contributed by atoms with Crippen molar-refractivity contribution in [3.63, 3.8) is 0 Å². The van der Waals surface area contributed by atoms with Gasteiger partial charge in [0.05, 0.1) is 10.8 Å². The molecule has 0 spiro atoms. The van der Waals surface area contributed by atoms with E-state index in [-0.39, 0.29) is 12.7 Å². The van der Waals surface area contributed by atoms with Crippen LogP contribution in [-0.4, -0.2) is 35.4 Å². The van der Waals surface area contributed by atoms with Gasteiger partial charge in [-0.3, -0.25) is 19.2 Å². The first kappa shape index (κ1) is 25.1. The molecule has 7 heteroatoms. The maximum absolute atomic E-state index is 11.6. The van der Waals surface area contributed by atoms with Crippen LogP contribution < -0.4 is 4.74 Å². The Morgan fingerprint density at radius 2 is 1.30 bits per heavy atom. The van der Waals surface area contributed by atoms with Gasteiger partial charge in [0.25, 0.3) is 11.8 Å². The Hall–Kier alpha value is -2.96. The minimum absolute atomic E-state index is 0.175. The zero-order valence-corrected chi connectivity index (χ0v) is 18.6. The quantitative estimate of drug-likeness (QED) is 0.380. The van der Waals surface area contributed by atoms with Crippen molar-refractivity contribution in [2.45, 2.75) is 54.4 Å². The van der Waals surface area contributed by atoms with E-state index in [1.54, 1.807) is 26.0 Å². The third-order valence-corrected chi connectivity index (χ3v) is 5.05. The summed E-state index contributed by atoms with van der Waals surface area (Å²) in [6, 6.07) is 9.15. The van der Waals surface area contributed by atoms with Crippen LogP contribution in [0, 0.1) is 10.8 Å². The van der Waals surface area contributed by atoms with Gasteiger partial charge in [0.1, 0.15) is 5.75 Å². The average Bonchev–Trinajstić information content (AvgIpc) is 3.04. The lowest BCUT2D eigenvalue weighted by atomic mass is 9.91. The summed E-state index contributed by atoms with van der Waals surface area (Å²) >= 11 is 0. The molecule has 0 aromatic heterocycles. The highest BCUT2D eigenvalue weighted by Gasteiger charge is 2.30. The number of hydrogen-bond acceptors (Lipinski definition) is 6. The molecule has 30 heavy (non-hydrogen) atoms. The predicted octanol–water partition coefficient (Wildman–Crippen LogP) is 3.88. The molecule has 1 aliphatic rings. The Morgan fingerprint density at radius 3 is 1.77 bits per heavy atom. The van der Waals surface area contributed by atoms with Crippen molar-refractivity contribution in [2.75, 3.05) is 6.73 Å². The van der Waals surface area contributed by atoms with Crippen LogP contribution in [0.15, 0.2) is 42.5 Å². The fraction of sp³-hybridized carbons (Fsp3) is 0.478. The molecule has 0 bridgehead atoms. The van der Waals surface area contributed by atoms with Gasteiger partial charge in [0, 0.05) is 12.2 Å². The van der Waals surface area contributed by atoms with Crippen molar-refractivity contribution in [3.8, 4) is 5.75 Å². The van der Waals surface area contributed by atoms with Crippen LogP contribution in [0.25, 0.3) is 0 Å². The Morgan fingerprint density at radius 1 is 0.833 bits per heavy atom. The van der Waals surface area contributed by atoms with Gasteiger partial charge >= 0.3 is 11.9 Å². The maximum Gasteiger partial charge on any atom is 0.316 e. The number of para-hydroxylation sites is 1. The lowest BCUT2D eigenvalue weighted by Crippen LogP contribution is -2.36. The number of imide groups is 1. The standard InChI is InChI=1S/C12H16O2.C11H15NO4/c1-4-12(2,3)11(13)14-10-8-6-5-7-9-10;1-4-11(2,3)10(15)16-7-12-8(13)5-6-9(12)14/h5-9H,4H2,1-3H3;5-6H,4,7H2,1-3H3. The molecular weight excluding hydrogens is 386 g/mol. The molecule has 7 nitrogen and oxygen atoms in total. The number of rotatable bonds is 7. The first-order valence-corrected chi connectivity index (χ1v) is 9.92. The summed E-state index contributed by atoms with van der Waals surface area (Å²) in [5.41, 5.74) is -1.00. The number of carbonyl (C=O) groups is 4. The van der Waals surface area contributed by atoms with E-state index in [1.807, 2.05) is 45.9 Å². The molecule has 0 fully saturated rings. The van der Waals surface area contributed by atoms with Crippen LogP contribution in [0.2, 0.25) is 0 Å². The highest BCUT2D eigenvalue weighted by atomic mass is 16.5. The third-order valence-electron chi connectivity index (χ3n) is 5.05. The third kappa shape index (κ3) is 7.13. The smallest absolute Gasteiger partial charge is 0.316 e. The van der Waals surface area contributed by atoms with Crippen LogP contribution in [0.1, 0.15) is 54.4 Å². The van der Waals surface area contributed by atoms with Gasteiger partial charge in [-0.2, -0.15) is 0 Å². The number of carbonyl (C=O) groups excluding carboxylic acids is 4. The van der Waals surface area contributed by atoms with E-state index in [4.69, 9.17) is 9.47 Å².